The van der Waals surface area contributed by atoms with E-state index in [0.29, 0.717) is 16.6 Å². The van der Waals surface area contributed by atoms with Gasteiger partial charge in [0.25, 0.3) is 0 Å². The van der Waals surface area contributed by atoms with Crippen molar-refractivity contribution in [2.45, 2.75) is 0 Å². The van der Waals surface area contributed by atoms with E-state index in [1.54, 1.807) is 6.20 Å². The number of fused-ring (bicyclic) bond motifs is 1. The van der Waals surface area contributed by atoms with Crippen LogP contribution in [-0.2, 0) is 0 Å². The standard InChI is InChI=1S/C14H16N4O2/c1-17-6-8-18(9-7-17)11-4-5-15-14-12(19)3-2-10(16-20)13(11)14/h2-5,19H,6-9H2,1H3. The van der Waals surface area contributed by atoms with Crippen molar-refractivity contribution in [3.8, 4) is 5.75 Å². The van der Waals surface area contributed by atoms with Crippen molar-refractivity contribution in [3.63, 3.8) is 0 Å². The van der Waals surface area contributed by atoms with E-state index in [9.17, 15) is 10.0 Å². The van der Waals surface area contributed by atoms with Gasteiger partial charge in [-0.2, -0.15) is 0 Å². The fraction of sp³-hybridized carbons (Fsp3) is 0.357. The summed E-state index contributed by atoms with van der Waals surface area (Å²) in [5.41, 5.74) is 1.66. The Labute approximate surface area is 116 Å². The smallest absolute Gasteiger partial charge is 0.142 e. The quantitative estimate of drug-likeness (QED) is 0.848. The van der Waals surface area contributed by atoms with Gasteiger partial charge in [0.2, 0.25) is 0 Å². The highest BCUT2D eigenvalue weighted by atomic mass is 16.3. The highest BCUT2D eigenvalue weighted by Gasteiger charge is 2.19. The first-order valence-electron chi connectivity index (χ1n) is 6.58. The lowest BCUT2D eigenvalue weighted by molar-refractivity contribution is 0.313. The van der Waals surface area contributed by atoms with Crippen molar-refractivity contribution in [1.29, 1.82) is 0 Å². The highest BCUT2D eigenvalue weighted by Crippen LogP contribution is 2.37. The summed E-state index contributed by atoms with van der Waals surface area (Å²) < 4.78 is 0. The number of hydrogen-bond donors (Lipinski definition) is 1. The number of rotatable bonds is 2. The van der Waals surface area contributed by atoms with Crippen LogP contribution >= 0.6 is 0 Å². The van der Waals surface area contributed by atoms with E-state index in [-0.39, 0.29) is 5.75 Å². The molecule has 1 saturated heterocycles. The molecule has 6 nitrogen and oxygen atoms in total. The second kappa shape index (κ2) is 5.05. The molecule has 0 spiro atoms. The molecule has 2 heterocycles. The van der Waals surface area contributed by atoms with E-state index in [0.717, 1.165) is 31.9 Å². The molecular weight excluding hydrogens is 256 g/mol. The Kier molecular flexibility index (Phi) is 3.23. The van der Waals surface area contributed by atoms with E-state index < -0.39 is 0 Å². The van der Waals surface area contributed by atoms with Gasteiger partial charge in [-0.25, -0.2) is 0 Å². The van der Waals surface area contributed by atoms with Crippen molar-refractivity contribution < 1.29 is 5.11 Å². The number of pyridine rings is 1. The van der Waals surface area contributed by atoms with Crippen molar-refractivity contribution >= 4 is 22.3 Å². The van der Waals surface area contributed by atoms with Gasteiger partial charge in [0.1, 0.15) is 17.0 Å². The zero-order chi connectivity index (χ0) is 14.1. The molecule has 2 aromatic rings. The third-order valence-electron chi connectivity index (χ3n) is 3.77. The van der Waals surface area contributed by atoms with Gasteiger partial charge in [0, 0.05) is 32.4 Å². The van der Waals surface area contributed by atoms with E-state index >= 15 is 0 Å². The molecule has 0 atom stereocenters. The molecule has 1 fully saturated rings. The van der Waals surface area contributed by atoms with E-state index in [1.807, 2.05) is 6.07 Å². The number of phenolic OH excluding ortho intramolecular Hbond substituents is 1. The lowest BCUT2D eigenvalue weighted by Gasteiger charge is -2.34. The first-order chi connectivity index (χ1) is 9.70. The average Bonchev–Trinajstić information content (AvgIpc) is 2.48. The van der Waals surface area contributed by atoms with Crippen LogP contribution in [0.3, 0.4) is 0 Å². The molecule has 0 aliphatic carbocycles. The Hall–Kier alpha value is -2.21. The molecule has 1 aliphatic heterocycles. The van der Waals surface area contributed by atoms with Crippen molar-refractivity contribution in [3.05, 3.63) is 29.3 Å². The molecule has 20 heavy (non-hydrogen) atoms. The Morgan fingerprint density at radius 3 is 2.65 bits per heavy atom. The van der Waals surface area contributed by atoms with Gasteiger partial charge in [0.05, 0.1) is 11.1 Å². The monoisotopic (exact) mass is 272 g/mol. The van der Waals surface area contributed by atoms with Crippen LogP contribution in [0.5, 0.6) is 5.75 Å². The Bertz CT molecular complexity index is 651. The van der Waals surface area contributed by atoms with Crippen LogP contribution in [0, 0.1) is 4.91 Å². The van der Waals surface area contributed by atoms with Gasteiger partial charge < -0.3 is 14.9 Å². The summed E-state index contributed by atoms with van der Waals surface area (Å²) in [6.45, 7) is 3.69. The number of phenols is 1. The van der Waals surface area contributed by atoms with Crippen molar-refractivity contribution in [2.75, 3.05) is 38.1 Å². The minimum atomic E-state index is 0.0726. The maximum absolute atomic E-state index is 11.0. The summed E-state index contributed by atoms with van der Waals surface area (Å²) in [7, 11) is 2.09. The summed E-state index contributed by atoms with van der Waals surface area (Å²) in [6, 6.07) is 4.87. The fourth-order valence-corrected chi connectivity index (χ4v) is 2.61. The van der Waals surface area contributed by atoms with E-state index in [4.69, 9.17) is 0 Å². The fourth-order valence-electron chi connectivity index (χ4n) is 2.61. The molecular formula is C14H16N4O2. The number of piperazine rings is 1. The van der Waals surface area contributed by atoms with Gasteiger partial charge in [-0.15, -0.1) is 4.91 Å². The largest absolute Gasteiger partial charge is 0.506 e. The molecule has 6 heteroatoms. The average molecular weight is 272 g/mol. The minimum Gasteiger partial charge on any atom is -0.506 e. The van der Waals surface area contributed by atoms with Crippen LogP contribution < -0.4 is 4.90 Å². The van der Waals surface area contributed by atoms with Gasteiger partial charge in [-0.1, -0.05) is 0 Å². The Balaban J connectivity index is 2.15. The molecule has 1 aromatic heterocycles. The molecule has 0 radical (unpaired) electrons. The first kappa shape index (κ1) is 12.8. The second-order valence-corrected chi connectivity index (χ2v) is 5.04. The second-order valence-electron chi connectivity index (χ2n) is 5.04. The summed E-state index contributed by atoms with van der Waals surface area (Å²) in [5.74, 6) is 0.0726. The van der Waals surface area contributed by atoms with Crippen LogP contribution in [0.25, 0.3) is 10.9 Å². The number of aromatic hydroxyl groups is 1. The normalized spacial score (nSPS) is 16.6. The molecule has 1 N–H and O–H groups in total. The molecule has 3 rings (SSSR count). The number of likely N-dealkylation sites (N-methyl/N-ethyl adjacent to an activating group) is 1. The van der Waals surface area contributed by atoms with Crippen LogP contribution in [0.15, 0.2) is 29.6 Å². The van der Waals surface area contributed by atoms with Gasteiger partial charge in [0.15, 0.2) is 0 Å². The molecule has 0 amide bonds. The lowest BCUT2D eigenvalue weighted by atomic mass is 10.1. The SMILES string of the molecule is CN1CCN(c2ccnc3c(O)ccc(N=O)c23)CC1. The molecule has 0 saturated carbocycles. The Morgan fingerprint density at radius 2 is 1.95 bits per heavy atom. The topological polar surface area (TPSA) is 69.0 Å². The third kappa shape index (κ3) is 2.08. The van der Waals surface area contributed by atoms with Crippen LogP contribution in [0.4, 0.5) is 11.4 Å². The van der Waals surface area contributed by atoms with Gasteiger partial charge in [-0.05, 0) is 30.4 Å². The molecule has 104 valence electrons. The van der Waals surface area contributed by atoms with Crippen LogP contribution in [0.1, 0.15) is 0 Å². The summed E-state index contributed by atoms with van der Waals surface area (Å²) >= 11 is 0. The predicted octanol–water partition coefficient (Wildman–Crippen LogP) is 2.09. The van der Waals surface area contributed by atoms with Crippen LogP contribution in [-0.4, -0.2) is 48.2 Å². The molecule has 1 aromatic carbocycles. The lowest BCUT2D eigenvalue weighted by Crippen LogP contribution is -2.44. The highest BCUT2D eigenvalue weighted by molar-refractivity contribution is 6.03. The predicted molar refractivity (Wildman–Crippen MR) is 78.6 cm³/mol. The number of benzene rings is 1. The Morgan fingerprint density at radius 1 is 1.20 bits per heavy atom. The maximum atomic E-state index is 11.0. The zero-order valence-electron chi connectivity index (χ0n) is 11.3. The molecule has 1 aliphatic rings. The molecule has 0 bridgehead atoms. The van der Waals surface area contributed by atoms with Crippen molar-refractivity contribution in [1.82, 2.24) is 9.88 Å². The van der Waals surface area contributed by atoms with Gasteiger partial charge >= 0.3 is 0 Å². The zero-order valence-corrected chi connectivity index (χ0v) is 11.3. The van der Waals surface area contributed by atoms with Gasteiger partial charge in [-0.3, -0.25) is 4.98 Å². The maximum Gasteiger partial charge on any atom is 0.142 e. The third-order valence-corrected chi connectivity index (χ3v) is 3.77. The summed E-state index contributed by atoms with van der Waals surface area (Å²) in [6.07, 6.45) is 1.66. The van der Waals surface area contributed by atoms with Crippen molar-refractivity contribution in [2.24, 2.45) is 5.18 Å². The van der Waals surface area contributed by atoms with E-state index in [1.165, 1.54) is 12.1 Å². The van der Waals surface area contributed by atoms with E-state index in [2.05, 4.69) is 27.0 Å². The number of aromatic nitrogens is 1. The number of nitroso groups, excluding NO2 is 1. The summed E-state index contributed by atoms with van der Waals surface area (Å²) in [5, 5.41) is 13.6. The first-order valence-corrected chi connectivity index (χ1v) is 6.58. The number of nitrogens with zero attached hydrogens (tertiary/aromatic N) is 4. The molecule has 0 unspecified atom stereocenters. The number of anilines is 1. The number of hydrogen-bond acceptors (Lipinski definition) is 6. The van der Waals surface area contributed by atoms with Crippen LogP contribution in [0.2, 0.25) is 0 Å². The summed E-state index contributed by atoms with van der Waals surface area (Å²) in [4.78, 5) is 19.7. The minimum absolute atomic E-state index is 0.0726.